The molecule has 2 aromatic rings. The summed E-state index contributed by atoms with van der Waals surface area (Å²) < 4.78 is 52.3. The molecule has 0 bridgehead atoms. The monoisotopic (exact) mass is 613 g/mol. The molecule has 2 aliphatic heterocycles. The zero-order valence-corrected chi connectivity index (χ0v) is 24.8. The van der Waals surface area contributed by atoms with Gasteiger partial charge in [-0.25, -0.2) is 4.21 Å². The maximum Gasteiger partial charge on any atom is 0.330 e. The second kappa shape index (κ2) is 13.9. The van der Waals surface area contributed by atoms with Crippen LogP contribution in [0.4, 0.5) is 31.0 Å². The number of azo groups is 1. The van der Waals surface area contributed by atoms with Crippen molar-refractivity contribution in [3.05, 3.63) is 22.7 Å². The fourth-order valence-corrected chi connectivity index (χ4v) is 6.00. The molecule has 12 nitrogen and oxygen atoms in total. The molecule has 1 N–H and O–H groups in total. The summed E-state index contributed by atoms with van der Waals surface area (Å²) in [6.45, 7) is 4.85. The van der Waals surface area contributed by atoms with Gasteiger partial charge in [0, 0.05) is 25.9 Å². The Morgan fingerprint density at radius 1 is 1.17 bits per heavy atom. The third-order valence-electron chi connectivity index (χ3n) is 6.95. The Hall–Kier alpha value is -2.79. The quantitative estimate of drug-likeness (QED) is 0.277. The number of ether oxygens (including phenoxy) is 2. The van der Waals surface area contributed by atoms with Gasteiger partial charge in [-0.3, -0.25) is 14.3 Å². The topological polar surface area (TPSA) is 139 Å². The van der Waals surface area contributed by atoms with Gasteiger partial charge in [-0.2, -0.15) is 8.78 Å². The van der Waals surface area contributed by atoms with Crippen LogP contribution in [0.2, 0.25) is 0 Å². The number of benzene rings is 1. The summed E-state index contributed by atoms with van der Waals surface area (Å²) in [4.78, 5) is 28.7. The fraction of sp³-hybridized carbons (Fsp3) is 0.600. The number of piperidine rings is 1. The lowest BCUT2D eigenvalue weighted by atomic mass is 9.95. The summed E-state index contributed by atoms with van der Waals surface area (Å²) >= 11 is 1.19. The van der Waals surface area contributed by atoms with Crippen molar-refractivity contribution in [2.24, 2.45) is 10.2 Å². The highest BCUT2D eigenvalue weighted by Crippen LogP contribution is 2.41. The molecule has 0 radical (unpaired) electrons. The van der Waals surface area contributed by atoms with Gasteiger partial charge in [0.05, 0.1) is 11.8 Å². The number of carbonyl (C=O) groups excluding carboxylic acids is 2. The van der Waals surface area contributed by atoms with Crippen LogP contribution in [0.3, 0.4) is 0 Å². The maximum absolute atomic E-state index is 13.2. The van der Waals surface area contributed by atoms with E-state index in [2.05, 4.69) is 37.1 Å². The Morgan fingerprint density at radius 3 is 2.51 bits per heavy atom. The summed E-state index contributed by atoms with van der Waals surface area (Å²) in [7, 11) is 0.790. The lowest BCUT2D eigenvalue weighted by Crippen LogP contribution is -2.53. The van der Waals surface area contributed by atoms with Crippen molar-refractivity contribution in [3.8, 4) is 0 Å². The lowest BCUT2D eigenvalue weighted by molar-refractivity contribution is -0.127. The highest BCUT2D eigenvalue weighted by atomic mass is 32.2. The van der Waals surface area contributed by atoms with Gasteiger partial charge in [0.1, 0.15) is 29.6 Å². The number of hydrogen-bond donors (Lipinski definition) is 1. The molecule has 0 aliphatic carbocycles. The first-order chi connectivity index (χ1) is 19.6. The number of rotatable bonds is 12. The van der Waals surface area contributed by atoms with E-state index in [4.69, 9.17) is 9.47 Å². The average Bonchev–Trinajstić information content (AvgIpc) is 3.39. The van der Waals surface area contributed by atoms with Gasteiger partial charge in [0.2, 0.25) is 0 Å². The third-order valence-corrected chi connectivity index (χ3v) is 8.47. The molecule has 2 unspecified atom stereocenters. The smallest absolute Gasteiger partial charge is 0.330 e. The summed E-state index contributed by atoms with van der Waals surface area (Å²) in [5.41, 5.74) is 1.22. The van der Waals surface area contributed by atoms with Gasteiger partial charge < -0.3 is 19.3 Å². The zero-order chi connectivity index (χ0) is 29.7. The van der Waals surface area contributed by atoms with Gasteiger partial charge in [0.15, 0.2) is 22.6 Å². The van der Waals surface area contributed by atoms with Crippen LogP contribution in [0.15, 0.2) is 22.4 Å². The van der Waals surface area contributed by atoms with Crippen molar-refractivity contribution >= 4 is 56.1 Å². The molecule has 16 heteroatoms. The van der Waals surface area contributed by atoms with E-state index >= 15 is 0 Å². The predicted octanol–water partition coefficient (Wildman–Crippen LogP) is 4.13. The van der Waals surface area contributed by atoms with Crippen LogP contribution >= 0.6 is 11.3 Å². The minimum Gasteiger partial charge on any atom is -0.371 e. The molecule has 4 rings (SSSR count). The summed E-state index contributed by atoms with van der Waals surface area (Å²) in [5.74, 6) is -3.96. The lowest BCUT2D eigenvalue weighted by Gasteiger charge is -2.41. The van der Waals surface area contributed by atoms with Crippen LogP contribution in [-0.2, 0) is 43.1 Å². The molecule has 224 valence electrons. The minimum atomic E-state index is -3.17. The van der Waals surface area contributed by atoms with E-state index in [1.165, 1.54) is 43.3 Å². The van der Waals surface area contributed by atoms with Gasteiger partial charge in [0.25, 0.3) is 5.13 Å². The number of Topliss-reactive ketones (excluding diaryl/α,β-unsaturated/α-hetero) is 2. The molecular formula is C25H33F2N7O5S2. The molecule has 3 heterocycles. The Labute approximate surface area is 243 Å². The first-order valence-electron chi connectivity index (χ1n) is 13.1. The largest absolute Gasteiger partial charge is 0.371 e. The van der Waals surface area contributed by atoms with Crippen molar-refractivity contribution in [2.45, 2.75) is 70.3 Å². The number of hydrogen-bond acceptors (Lipinski definition) is 12. The van der Waals surface area contributed by atoms with Gasteiger partial charge >= 0.3 is 5.76 Å². The molecule has 0 spiro atoms. The number of alkyl halides is 2. The number of nitrogens with zero attached hydrogens (tertiary/aromatic N) is 6. The summed E-state index contributed by atoms with van der Waals surface area (Å²) in [6, 6.07) is 1.90. The molecule has 0 amide bonds. The van der Waals surface area contributed by atoms with E-state index in [0.717, 1.165) is 25.9 Å². The van der Waals surface area contributed by atoms with Crippen LogP contribution < -0.4 is 9.62 Å². The van der Waals surface area contributed by atoms with Gasteiger partial charge in [-0.15, -0.1) is 20.4 Å². The van der Waals surface area contributed by atoms with Crippen molar-refractivity contribution in [3.63, 3.8) is 0 Å². The SMILES string of the molecule is COC1CCc2cc(N=Nc3nnc(COC4CCN(C)CC4)s3)c(NS(=O)C(F)F)cc2N1C(C(C)=O)C(C)=O. The molecule has 1 fully saturated rings. The molecule has 1 aromatic heterocycles. The second-order valence-corrected chi connectivity index (χ2v) is 12.1. The highest BCUT2D eigenvalue weighted by molar-refractivity contribution is 7.86. The van der Waals surface area contributed by atoms with Crippen LogP contribution in [0, 0.1) is 0 Å². The Balaban J connectivity index is 1.61. The predicted molar refractivity (Wildman–Crippen MR) is 150 cm³/mol. The first-order valence-corrected chi connectivity index (χ1v) is 15.1. The number of nitrogens with one attached hydrogen (secondary N) is 1. The molecular weight excluding hydrogens is 580 g/mol. The summed E-state index contributed by atoms with van der Waals surface area (Å²) in [6.07, 6.45) is 2.38. The standard InChI is InChI=1S/C25H33F2N7O5S2/c1-14(35)23(15(2)36)34-20-12-19(32-41(37)24(26)27)18(11-16(20)5-6-22(34)38-4)28-30-25-31-29-21(40-25)13-39-17-7-9-33(3)10-8-17/h11-12,17,22-24,32H,5-10,13H2,1-4H3. The van der Waals surface area contributed by atoms with Gasteiger partial charge in [-0.1, -0.05) is 11.3 Å². The number of aromatic nitrogens is 2. The molecule has 2 atom stereocenters. The van der Waals surface area contributed by atoms with Crippen LogP contribution in [0.25, 0.3) is 0 Å². The molecule has 1 aromatic carbocycles. The van der Waals surface area contributed by atoms with E-state index in [9.17, 15) is 22.6 Å². The number of methoxy groups -OCH3 is 1. The number of carbonyl (C=O) groups is 2. The molecule has 2 aliphatic rings. The van der Waals surface area contributed by atoms with Crippen molar-refractivity contribution < 1.29 is 32.1 Å². The zero-order valence-electron chi connectivity index (χ0n) is 23.2. The van der Waals surface area contributed by atoms with E-state index in [1.54, 1.807) is 6.07 Å². The van der Waals surface area contributed by atoms with E-state index < -0.39 is 40.6 Å². The number of anilines is 2. The first kappa shape index (κ1) is 31.2. The number of likely N-dealkylation sites (tertiary alicyclic amines) is 1. The van der Waals surface area contributed by atoms with E-state index in [1.807, 2.05) is 0 Å². The van der Waals surface area contributed by atoms with E-state index in [0.29, 0.717) is 35.7 Å². The molecule has 1 saturated heterocycles. The normalized spacial score (nSPS) is 19.2. The molecule has 41 heavy (non-hydrogen) atoms. The van der Waals surface area contributed by atoms with Crippen molar-refractivity contribution in [1.29, 1.82) is 0 Å². The van der Waals surface area contributed by atoms with Crippen LogP contribution in [0.1, 0.15) is 43.7 Å². The van der Waals surface area contributed by atoms with Crippen LogP contribution in [0.5, 0.6) is 0 Å². The number of fused-ring (bicyclic) bond motifs is 1. The third kappa shape index (κ3) is 7.74. The Kier molecular flexibility index (Phi) is 10.6. The second-order valence-electron chi connectivity index (χ2n) is 9.91. The van der Waals surface area contributed by atoms with Crippen molar-refractivity contribution in [1.82, 2.24) is 15.1 Å². The van der Waals surface area contributed by atoms with Crippen LogP contribution in [-0.4, -0.2) is 82.3 Å². The fourth-order valence-electron chi connectivity index (χ4n) is 4.95. The number of ketones is 2. The maximum atomic E-state index is 13.2. The van der Waals surface area contributed by atoms with Crippen molar-refractivity contribution in [2.75, 3.05) is 36.9 Å². The Morgan fingerprint density at radius 2 is 1.88 bits per heavy atom. The number of aryl methyl sites for hydroxylation is 1. The Bertz CT molecular complexity index is 1290. The molecule has 0 saturated carbocycles. The highest BCUT2D eigenvalue weighted by Gasteiger charge is 2.37. The van der Waals surface area contributed by atoms with Gasteiger partial charge in [-0.05, 0) is 64.3 Å². The minimum absolute atomic E-state index is 0.0194. The van der Waals surface area contributed by atoms with E-state index in [-0.39, 0.29) is 22.6 Å². The summed E-state index contributed by atoms with van der Waals surface area (Å²) in [5, 5.41) is 17.3. The number of halogens is 2. The average molecular weight is 614 g/mol.